The van der Waals surface area contributed by atoms with Gasteiger partial charge in [-0.05, 0) is 35.6 Å². The zero-order valence-electron chi connectivity index (χ0n) is 11.1. The summed E-state index contributed by atoms with van der Waals surface area (Å²) in [4.78, 5) is 8.26. The Morgan fingerprint density at radius 2 is 2.05 bits per heavy atom. The van der Waals surface area contributed by atoms with Crippen LogP contribution in [0.3, 0.4) is 0 Å². The summed E-state index contributed by atoms with van der Waals surface area (Å²) in [5.74, 6) is 0. The number of halogens is 1. The van der Waals surface area contributed by atoms with Crippen LogP contribution in [0.5, 0.6) is 0 Å². The van der Waals surface area contributed by atoms with Gasteiger partial charge in [-0.3, -0.25) is 4.98 Å². The minimum atomic E-state index is 0.506. The van der Waals surface area contributed by atoms with Crippen LogP contribution in [0.4, 0.5) is 5.69 Å². The van der Waals surface area contributed by atoms with E-state index in [0.29, 0.717) is 11.7 Å². The average Bonchev–Trinajstić information content (AvgIpc) is 2.47. The normalized spacial score (nSPS) is 10.7. The molecule has 0 radical (unpaired) electrons. The van der Waals surface area contributed by atoms with Crippen molar-refractivity contribution in [1.82, 2.24) is 9.97 Å². The number of hydrogen-bond acceptors (Lipinski definition) is 3. The van der Waals surface area contributed by atoms with Crippen LogP contribution >= 0.6 is 11.6 Å². The van der Waals surface area contributed by atoms with E-state index in [0.717, 1.165) is 16.6 Å². The number of pyridine rings is 2. The van der Waals surface area contributed by atoms with Crippen molar-refractivity contribution in [3.8, 4) is 0 Å². The molecule has 1 N–H and O–H groups in total. The summed E-state index contributed by atoms with van der Waals surface area (Å²) in [5.41, 5.74) is 3.19. The van der Waals surface area contributed by atoms with Crippen molar-refractivity contribution in [2.75, 3.05) is 5.32 Å². The topological polar surface area (TPSA) is 37.8 Å². The van der Waals surface area contributed by atoms with Gasteiger partial charge in [0.05, 0.1) is 5.69 Å². The van der Waals surface area contributed by atoms with E-state index in [2.05, 4.69) is 27.4 Å². The summed E-state index contributed by atoms with van der Waals surface area (Å²) in [7, 11) is 0. The van der Waals surface area contributed by atoms with Crippen LogP contribution in [-0.2, 0) is 6.54 Å². The Labute approximate surface area is 122 Å². The second-order valence-electron chi connectivity index (χ2n) is 4.66. The maximum atomic E-state index is 6.13. The van der Waals surface area contributed by atoms with Gasteiger partial charge in [0.25, 0.3) is 0 Å². The maximum Gasteiger partial charge on any atom is 0.152 e. The first-order chi connectivity index (χ1) is 9.75. The second-order valence-corrected chi connectivity index (χ2v) is 5.02. The number of fused-ring (bicyclic) bond motifs is 1. The smallest absolute Gasteiger partial charge is 0.152 e. The van der Waals surface area contributed by atoms with Crippen LogP contribution in [0, 0.1) is 6.92 Å². The number of hydrogen-bond donors (Lipinski definition) is 1. The fraction of sp³-hybridized carbons (Fsp3) is 0.125. The third kappa shape index (κ3) is 2.45. The van der Waals surface area contributed by atoms with E-state index in [-0.39, 0.29) is 0 Å². The lowest BCUT2D eigenvalue weighted by molar-refractivity contribution is 1.14. The molecule has 0 atom stereocenters. The molecule has 3 nitrogen and oxygen atoms in total. The molecule has 1 aromatic carbocycles. The van der Waals surface area contributed by atoms with Gasteiger partial charge >= 0.3 is 0 Å². The van der Waals surface area contributed by atoms with Gasteiger partial charge in [0.2, 0.25) is 0 Å². The number of benzene rings is 1. The minimum Gasteiger partial charge on any atom is -0.378 e. The lowest BCUT2D eigenvalue weighted by Crippen LogP contribution is -2.03. The lowest BCUT2D eigenvalue weighted by Gasteiger charge is -2.12. The molecule has 0 bridgehead atoms. The molecule has 0 unspecified atom stereocenters. The molecule has 0 aliphatic rings. The Kier molecular flexibility index (Phi) is 3.52. The Morgan fingerprint density at radius 3 is 2.90 bits per heavy atom. The van der Waals surface area contributed by atoms with Crippen LogP contribution in [0.15, 0.2) is 48.9 Å². The molecular formula is C16H14ClN3. The van der Waals surface area contributed by atoms with E-state index >= 15 is 0 Å². The van der Waals surface area contributed by atoms with Gasteiger partial charge in [-0.2, -0.15) is 0 Å². The summed E-state index contributed by atoms with van der Waals surface area (Å²) in [6.45, 7) is 2.72. The predicted octanol–water partition coefficient (Wildman–Crippen LogP) is 4.20. The quantitative estimate of drug-likeness (QED) is 0.732. The molecule has 20 heavy (non-hydrogen) atoms. The molecule has 0 spiro atoms. The Morgan fingerprint density at radius 1 is 1.15 bits per heavy atom. The van der Waals surface area contributed by atoms with Crippen LogP contribution in [0.25, 0.3) is 10.8 Å². The molecule has 0 saturated carbocycles. The van der Waals surface area contributed by atoms with E-state index in [1.54, 1.807) is 6.20 Å². The largest absolute Gasteiger partial charge is 0.378 e. The highest BCUT2D eigenvalue weighted by Gasteiger charge is 2.06. The van der Waals surface area contributed by atoms with Crippen molar-refractivity contribution in [3.05, 3.63) is 65.2 Å². The molecule has 2 aromatic heterocycles. The molecule has 100 valence electrons. The molecule has 0 amide bonds. The Bertz CT molecular complexity index is 730. The predicted molar refractivity (Wildman–Crippen MR) is 83.1 cm³/mol. The van der Waals surface area contributed by atoms with Crippen molar-refractivity contribution < 1.29 is 0 Å². The highest BCUT2D eigenvalue weighted by molar-refractivity contribution is 6.32. The van der Waals surface area contributed by atoms with Crippen LogP contribution < -0.4 is 5.32 Å². The molecule has 0 fully saturated rings. The number of rotatable bonds is 3. The Hall–Kier alpha value is -2.13. The fourth-order valence-corrected chi connectivity index (χ4v) is 2.54. The van der Waals surface area contributed by atoms with Crippen molar-refractivity contribution >= 4 is 28.1 Å². The van der Waals surface area contributed by atoms with Crippen molar-refractivity contribution in [3.63, 3.8) is 0 Å². The Balaban J connectivity index is 1.91. The van der Waals surface area contributed by atoms with Gasteiger partial charge in [0.15, 0.2) is 5.15 Å². The van der Waals surface area contributed by atoms with Gasteiger partial charge in [-0.15, -0.1) is 0 Å². The fourth-order valence-electron chi connectivity index (χ4n) is 2.26. The number of anilines is 1. The summed E-state index contributed by atoms with van der Waals surface area (Å²) in [6, 6.07) is 10.2. The molecular weight excluding hydrogens is 270 g/mol. The standard InChI is InChI=1S/C16H14ClN3/c1-11-5-8-19-16(17)15(11)20-10-13-4-2-3-12-9-18-7-6-14(12)13/h2-9,20H,10H2,1H3. The summed E-state index contributed by atoms with van der Waals surface area (Å²) in [5, 5.41) is 6.22. The SMILES string of the molecule is Cc1ccnc(Cl)c1NCc1cccc2cnccc12. The summed E-state index contributed by atoms with van der Waals surface area (Å²) in [6.07, 6.45) is 5.40. The average molecular weight is 284 g/mol. The molecule has 3 rings (SSSR count). The molecule has 0 aliphatic heterocycles. The third-order valence-electron chi connectivity index (χ3n) is 3.34. The van der Waals surface area contributed by atoms with Gasteiger partial charge < -0.3 is 5.32 Å². The lowest BCUT2D eigenvalue weighted by atomic mass is 10.1. The minimum absolute atomic E-state index is 0.506. The first kappa shape index (κ1) is 12.9. The number of aromatic nitrogens is 2. The maximum absolute atomic E-state index is 6.13. The highest BCUT2D eigenvalue weighted by Crippen LogP contribution is 2.25. The number of nitrogens with zero attached hydrogens (tertiary/aromatic N) is 2. The van der Waals surface area contributed by atoms with Crippen molar-refractivity contribution in [2.24, 2.45) is 0 Å². The van der Waals surface area contributed by atoms with E-state index in [1.807, 2.05) is 37.5 Å². The van der Waals surface area contributed by atoms with Crippen LogP contribution in [0.1, 0.15) is 11.1 Å². The number of aryl methyl sites for hydroxylation is 1. The molecule has 0 saturated heterocycles. The van der Waals surface area contributed by atoms with E-state index < -0.39 is 0 Å². The number of nitrogens with one attached hydrogen (secondary N) is 1. The van der Waals surface area contributed by atoms with Crippen LogP contribution in [0.2, 0.25) is 5.15 Å². The molecule has 4 heteroatoms. The highest BCUT2D eigenvalue weighted by atomic mass is 35.5. The van der Waals surface area contributed by atoms with Crippen molar-refractivity contribution in [1.29, 1.82) is 0 Å². The third-order valence-corrected chi connectivity index (χ3v) is 3.63. The molecule has 3 aromatic rings. The van der Waals surface area contributed by atoms with E-state index in [9.17, 15) is 0 Å². The van der Waals surface area contributed by atoms with E-state index in [1.165, 1.54) is 10.9 Å². The summed E-state index contributed by atoms with van der Waals surface area (Å²) >= 11 is 6.13. The van der Waals surface area contributed by atoms with Gasteiger partial charge in [-0.1, -0.05) is 29.8 Å². The second kappa shape index (κ2) is 5.47. The van der Waals surface area contributed by atoms with E-state index in [4.69, 9.17) is 11.6 Å². The van der Waals surface area contributed by atoms with Crippen molar-refractivity contribution in [2.45, 2.75) is 13.5 Å². The van der Waals surface area contributed by atoms with Gasteiger partial charge in [0, 0.05) is 30.5 Å². The van der Waals surface area contributed by atoms with Gasteiger partial charge in [-0.25, -0.2) is 4.98 Å². The first-order valence-corrected chi connectivity index (χ1v) is 6.80. The van der Waals surface area contributed by atoms with Gasteiger partial charge in [0.1, 0.15) is 0 Å². The molecule has 2 heterocycles. The zero-order valence-corrected chi connectivity index (χ0v) is 11.9. The molecule has 0 aliphatic carbocycles. The first-order valence-electron chi connectivity index (χ1n) is 6.42. The summed E-state index contributed by atoms with van der Waals surface area (Å²) < 4.78 is 0. The zero-order chi connectivity index (χ0) is 13.9. The van der Waals surface area contributed by atoms with Crippen LogP contribution in [-0.4, -0.2) is 9.97 Å². The monoisotopic (exact) mass is 283 g/mol.